The lowest BCUT2D eigenvalue weighted by atomic mass is 10.2. The first-order chi connectivity index (χ1) is 4.84. The predicted molar refractivity (Wildman–Crippen MR) is 39.5 cm³/mol. The molecule has 2 N–H and O–H groups in total. The Morgan fingerprint density at radius 1 is 1.50 bits per heavy atom. The molecule has 0 saturated carbocycles. The number of nitrogens with two attached hydrogens (primary N) is 1. The van der Waals surface area contributed by atoms with E-state index in [4.69, 9.17) is 5.73 Å². The largest absolute Gasteiger partial charge is 0.330 e. The third kappa shape index (κ3) is 1.51. The van der Waals surface area contributed by atoms with Crippen LogP contribution in [0.25, 0.3) is 0 Å². The normalized spacial score (nSPS) is 13.0. The maximum absolute atomic E-state index is 5.42. The molecule has 1 aromatic rings. The van der Waals surface area contributed by atoms with E-state index in [2.05, 4.69) is 9.97 Å². The molecule has 1 unspecified atom stereocenters. The standard InChI is InChI=1S/C7H11N3/c1-6(5-8)7-9-3-2-4-10-7/h2-4,6H,5,8H2,1H3. The zero-order valence-electron chi connectivity index (χ0n) is 5.99. The second-order valence-corrected chi connectivity index (χ2v) is 2.24. The monoisotopic (exact) mass is 137 g/mol. The van der Waals surface area contributed by atoms with Crippen LogP contribution in [0.15, 0.2) is 18.5 Å². The lowest BCUT2D eigenvalue weighted by Crippen LogP contribution is -2.11. The van der Waals surface area contributed by atoms with Gasteiger partial charge in [0.1, 0.15) is 5.82 Å². The summed E-state index contributed by atoms with van der Waals surface area (Å²) in [5, 5.41) is 0. The molecule has 1 atom stereocenters. The molecule has 0 spiro atoms. The molecule has 3 heteroatoms. The van der Waals surface area contributed by atoms with Gasteiger partial charge in [-0.15, -0.1) is 0 Å². The van der Waals surface area contributed by atoms with Crippen molar-refractivity contribution in [1.29, 1.82) is 0 Å². The Labute approximate surface area is 60.3 Å². The van der Waals surface area contributed by atoms with Crippen LogP contribution in [0.1, 0.15) is 18.7 Å². The van der Waals surface area contributed by atoms with Gasteiger partial charge in [-0.2, -0.15) is 0 Å². The second kappa shape index (κ2) is 3.27. The van der Waals surface area contributed by atoms with E-state index in [1.165, 1.54) is 0 Å². The molecular weight excluding hydrogens is 126 g/mol. The lowest BCUT2D eigenvalue weighted by Gasteiger charge is -2.03. The molecule has 1 rings (SSSR count). The highest BCUT2D eigenvalue weighted by Gasteiger charge is 2.03. The fourth-order valence-corrected chi connectivity index (χ4v) is 0.671. The topological polar surface area (TPSA) is 51.8 Å². The average Bonchev–Trinajstić information content (AvgIpc) is 2.05. The van der Waals surface area contributed by atoms with Crippen LogP contribution in [0.3, 0.4) is 0 Å². The van der Waals surface area contributed by atoms with Crippen LogP contribution in [0.2, 0.25) is 0 Å². The van der Waals surface area contributed by atoms with Gasteiger partial charge in [-0.05, 0) is 6.07 Å². The molecule has 0 radical (unpaired) electrons. The summed E-state index contributed by atoms with van der Waals surface area (Å²) in [6, 6.07) is 1.80. The minimum absolute atomic E-state index is 0.265. The molecule has 0 aromatic carbocycles. The van der Waals surface area contributed by atoms with Crippen molar-refractivity contribution in [2.75, 3.05) is 6.54 Å². The number of aromatic nitrogens is 2. The van der Waals surface area contributed by atoms with Crippen molar-refractivity contribution in [2.24, 2.45) is 5.73 Å². The minimum Gasteiger partial charge on any atom is -0.330 e. The average molecular weight is 137 g/mol. The Hall–Kier alpha value is -0.960. The van der Waals surface area contributed by atoms with Crippen molar-refractivity contribution >= 4 is 0 Å². The first-order valence-electron chi connectivity index (χ1n) is 3.31. The quantitative estimate of drug-likeness (QED) is 0.647. The van der Waals surface area contributed by atoms with Gasteiger partial charge in [0.25, 0.3) is 0 Å². The van der Waals surface area contributed by atoms with E-state index in [1.807, 2.05) is 6.92 Å². The fourth-order valence-electron chi connectivity index (χ4n) is 0.671. The summed E-state index contributed by atoms with van der Waals surface area (Å²) >= 11 is 0. The van der Waals surface area contributed by atoms with Crippen LogP contribution >= 0.6 is 0 Å². The molecule has 1 aromatic heterocycles. The lowest BCUT2D eigenvalue weighted by molar-refractivity contribution is 0.711. The number of hydrogen-bond donors (Lipinski definition) is 1. The highest BCUT2D eigenvalue weighted by atomic mass is 14.9. The second-order valence-electron chi connectivity index (χ2n) is 2.24. The Morgan fingerprint density at radius 2 is 2.10 bits per heavy atom. The third-order valence-electron chi connectivity index (χ3n) is 1.38. The van der Waals surface area contributed by atoms with Crippen molar-refractivity contribution in [3.63, 3.8) is 0 Å². The van der Waals surface area contributed by atoms with Crippen molar-refractivity contribution in [3.8, 4) is 0 Å². The minimum atomic E-state index is 0.265. The van der Waals surface area contributed by atoms with E-state index < -0.39 is 0 Å². The molecule has 0 amide bonds. The van der Waals surface area contributed by atoms with Gasteiger partial charge in [-0.1, -0.05) is 6.92 Å². The molecule has 54 valence electrons. The van der Waals surface area contributed by atoms with Gasteiger partial charge in [0.15, 0.2) is 0 Å². The van der Waals surface area contributed by atoms with Gasteiger partial charge in [0.2, 0.25) is 0 Å². The van der Waals surface area contributed by atoms with E-state index >= 15 is 0 Å². The highest BCUT2D eigenvalue weighted by molar-refractivity contribution is 4.95. The summed E-state index contributed by atoms with van der Waals surface area (Å²) in [6.45, 7) is 2.61. The molecule has 0 aliphatic carbocycles. The van der Waals surface area contributed by atoms with E-state index in [1.54, 1.807) is 18.5 Å². The van der Waals surface area contributed by atoms with Crippen molar-refractivity contribution in [3.05, 3.63) is 24.3 Å². The van der Waals surface area contributed by atoms with Gasteiger partial charge in [-0.25, -0.2) is 9.97 Å². The molecular formula is C7H11N3. The Kier molecular flexibility index (Phi) is 2.34. The predicted octanol–water partition coefficient (Wildman–Crippen LogP) is 0.539. The smallest absolute Gasteiger partial charge is 0.132 e. The van der Waals surface area contributed by atoms with Crippen LogP contribution in [-0.2, 0) is 0 Å². The van der Waals surface area contributed by atoms with Crippen molar-refractivity contribution < 1.29 is 0 Å². The zero-order valence-corrected chi connectivity index (χ0v) is 5.99. The maximum atomic E-state index is 5.42. The van der Waals surface area contributed by atoms with E-state index in [0.717, 1.165) is 5.82 Å². The van der Waals surface area contributed by atoms with Gasteiger partial charge >= 0.3 is 0 Å². The first-order valence-corrected chi connectivity index (χ1v) is 3.31. The molecule has 0 aliphatic heterocycles. The molecule has 10 heavy (non-hydrogen) atoms. The highest BCUT2D eigenvalue weighted by Crippen LogP contribution is 2.04. The van der Waals surface area contributed by atoms with Crippen molar-refractivity contribution in [1.82, 2.24) is 9.97 Å². The van der Waals surface area contributed by atoms with Gasteiger partial charge in [0.05, 0.1) is 0 Å². The molecule has 0 aliphatic rings. The molecule has 0 bridgehead atoms. The number of hydrogen-bond acceptors (Lipinski definition) is 3. The fraction of sp³-hybridized carbons (Fsp3) is 0.429. The Bertz CT molecular complexity index is 185. The van der Waals surface area contributed by atoms with E-state index in [0.29, 0.717) is 6.54 Å². The van der Waals surface area contributed by atoms with Crippen LogP contribution in [-0.4, -0.2) is 16.5 Å². The van der Waals surface area contributed by atoms with Crippen molar-refractivity contribution in [2.45, 2.75) is 12.8 Å². The van der Waals surface area contributed by atoms with Crippen LogP contribution in [0.4, 0.5) is 0 Å². The maximum Gasteiger partial charge on any atom is 0.132 e. The Balaban J connectivity index is 2.75. The van der Waals surface area contributed by atoms with E-state index in [9.17, 15) is 0 Å². The third-order valence-corrected chi connectivity index (χ3v) is 1.38. The summed E-state index contributed by atoms with van der Waals surface area (Å²) < 4.78 is 0. The van der Waals surface area contributed by atoms with E-state index in [-0.39, 0.29) is 5.92 Å². The molecule has 1 heterocycles. The zero-order chi connectivity index (χ0) is 7.40. The van der Waals surface area contributed by atoms with Crippen LogP contribution in [0, 0.1) is 0 Å². The molecule has 0 fully saturated rings. The van der Waals surface area contributed by atoms with Crippen LogP contribution < -0.4 is 5.73 Å². The first kappa shape index (κ1) is 7.15. The Morgan fingerprint density at radius 3 is 2.60 bits per heavy atom. The summed E-state index contributed by atoms with van der Waals surface area (Å²) in [7, 11) is 0. The SMILES string of the molecule is CC(CN)c1ncccn1. The molecule has 0 saturated heterocycles. The van der Waals surface area contributed by atoms with Gasteiger partial charge < -0.3 is 5.73 Å². The summed E-state index contributed by atoms with van der Waals surface area (Å²) in [6.07, 6.45) is 3.46. The van der Waals surface area contributed by atoms with Gasteiger partial charge in [0, 0.05) is 24.9 Å². The summed E-state index contributed by atoms with van der Waals surface area (Å²) in [5.41, 5.74) is 5.42. The molecule has 3 nitrogen and oxygen atoms in total. The summed E-state index contributed by atoms with van der Waals surface area (Å²) in [5.74, 6) is 1.09. The van der Waals surface area contributed by atoms with Crippen LogP contribution in [0.5, 0.6) is 0 Å². The summed E-state index contributed by atoms with van der Waals surface area (Å²) in [4.78, 5) is 8.12. The number of rotatable bonds is 2. The number of nitrogens with zero attached hydrogens (tertiary/aromatic N) is 2. The van der Waals surface area contributed by atoms with Gasteiger partial charge in [-0.3, -0.25) is 0 Å².